The van der Waals surface area contributed by atoms with Crippen molar-refractivity contribution in [1.29, 1.82) is 0 Å². The van der Waals surface area contributed by atoms with E-state index < -0.39 is 11.4 Å². The average molecular weight is 214 g/mol. The van der Waals surface area contributed by atoms with Crippen LogP contribution in [0.3, 0.4) is 0 Å². The maximum Gasteiger partial charge on any atom is 0.311 e. The van der Waals surface area contributed by atoms with E-state index in [1.54, 1.807) is 0 Å². The molecular formula is C12H22O3. The Kier molecular flexibility index (Phi) is 3.44. The number of carbonyl (C=O) groups is 1. The average Bonchev–Trinajstić information content (AvgIpc) is 2.16. The fraction of sp³-hybridized carbons (Fsp3) is 0.917. The van der Waals surface area contributed by atoms with Crippen molar-refractivity contribution in [2.45, 2.75) is 46.5 Å². The highest BCUT2D eigenvalue weighted by Gasteiger charge is 2.43. The van der Waals surface area contributed by atoms with Crippen LogP contribution < -0.4 is 0 Å². The molecule has 1 saturated carbocycles. The van der Waals surface area contributed by atoms with Gasteiger partial charge in [0.15, 0.2) is 0 Å². The van der Waals surface area contributed by atoms with Gasteiger partial charge in [0, 0.05) is 0 Å². The van der Waals surface area contributed by atoms with Gasteiger partial charge in [-0.15, -0.1) is 0 Å². The summed E-state index contributed by atoms with van der Waals surface area (Å²) in [7, 11) is 0. The van der Waals surface area contributed by atoms with Crippen LogP contribution in [0.25, 0.3) is 0 Å². The first-order chi connectivity index (χ1) is 6.82. The molecule has 1 aliphatic rings. The van der Waals surface area contributed by atoms with Gasteiger partial charge in [-0.3, -0.25) is 4.79 Å². The lowest BCUT2D eigenvalue weighted by Gasteiger charge is -2.40. The van der Waals surface area contributed by atoms with Crippen LogP contribution in [0, 0.1) is 16.7 Å². The summed E-state index contributed by atoms with van der Waals surface area (Å²) in [6.45, 7) is 6.37. The Morgan fingerprint density at radius 1 is 1.33 bits per heavy atom. The monoisotopic (exact) mass is 214 g/mol. The van der Waals surface area contributed by atoms with Crippen LogP contribution in [0.15, 0.2) is 0 Å². The molecule has 0 atom stereocenters. The van der Waals surface area contributed by atoms with E-state index in [-0.39, 0.29) is 12.0 Å². The zero-order chi connectivity index (χ0) is 11.7. The summed E-state index contributed by atoms with van der Waals surface area (Å²) in [6.07, 6.45) is 3.05. The first-order valence-corrected chi connectivity index (χ1v) is 5.66. The van der Waals surface area contributed by atoms with Gasteiger partial charge in [-0.05, 0) is 37.0 Å². The van der Waals surface area contributed by atoms with E-state index in [4.69, 9.17) is 5.11 Å². The number of aliphatic hydroxyl groups excluding tert-OH is 1. The minimum Gasteiger partial charge on any atom is -0.481 e. The molecule has 0 aromatic rings. The molecule has 3 nitrogen and oxygen atoms in total. The van der Waals surface area contributed by atoms with Gasteiger partial charge >= 0.3 is 5.97 Å². The minimum atomic E-state index is -0.859. The maximum atomic E-state index is 11.1. The van der Waals surface area contributed by atoms with Crippen molar-refractivity contribution in [1.82, 2.24) is 0 Å². The minimum absolute atomic E-state index is 0.223. The standard InChI is InChI=1S/C12H22O3/c1-11(2,3)9-4-6-12(8-13,7-5-9)10(14)15/h9,13H,4-8H2,1-3H3,(H,14,15). The van der Waals surface area contributed by atoms with Crippen LogP contribution in [0.1, 0.15) is 46.5 Å². The van der Waals surface area contributed by atoms with Gasteiger partial charge in [-0.2, -0.15) is 0 Å². The second-order valence-corrected chi connectivity index (χ2v) is 5.88. The summed E-state index contributed by atoms with van der Waals surface area (Å²) in [5.74, 6) is -0.256. The molecule has 0 radical (unpaired) electrons. The van der Waals surface area contributed by atoms with Crippen molar-refractivity contribution >= 4 is 5.97 Å². The number of hydrogen-bond acceptors (Lipinski definition) is 2. The van der Waals surface area contributed by atoms with Crippen LogP contribution in [-0.2, 0) is 4.79 Å². The molecule has 1 aliphatic carbocycles. The van der Waals surface area contributed by atoms with E-state index in [1.165, 1.54) is 0 Å². The molecule has 0 heterocycles. The number of carboxylic acid groups (broad SMARTS) is 1. The Morgan fingerprint density at radius 3 is 2.07 bits per heavy atom. The topological polar surface area (TPSA) is 57.5 Å². The van der Waals surface area contributed by atoms with Gasteiger partial charge in [0.25, 0.3) is 0 Å². The Balaban J connectivity index is 2.65. The second-order valence-electron chi connectivity index (χ2n) is 5.88. The summed E-state index contributed by atoms with van der Waals surface area (Å²) >= 11 is 0. The van der Waals surface area contributed by atoms with E-state index in [2.05, 4.69) is 20.8 Å². The van der Waals surface area contributed by atoms with Crippen molar-refractivity contribution in [2.24, 2.45) is 16.7 Å². The zero-order valence-electron chi connectivity index (χ0n) is 9.92. The van der Waals surface area contributed by atoms with Gasteiger partial charge in [0.05, 0.1) is 12.0 Å². The molecule has 1 rings (SSSR count). The van der Waals surface area contributed by atoms with Crippen LogP contribution in [0.2, 0.25) is 0 Å². The van der Waals surface area contributed by atoms with Gasteiger partial charge in [0.1, 0.15) is 0 Å². The Labute approximate surface area is 91.5 Å². The van der Waals surface area contributed by atoms with E-state index in [1.807, 2.05) is 0 Å². The van der Waals surface area contributed by atoms with Crippen molar-refractivity contribution < 1.29 is 15.0 Å². The maximum absolute atomic E-state index is 11.1. The first-order valence-electron chi connectivity index (χ1n) is 5.66. The predicted molar refractivity (Wildman–Crippen MR) is 58.6 cm³/mol. The highest BCUT2D eigenvalue weighted by atomic mass is 16.4. The molecule has 3 heteroatoms. The highest BCUT2D eigenvalue weighted by molar-refractivity contribution is 5.74. The molecule has 0 amide bonds. The highest BCUT2D eigenvalue weighted by Crippen LogP contribution is 2.45. The molecule has 0 saturated heterocycles. The number of aliphatic hydroxyl groups is 1. The normalized spacial score (nSPS) is 32.7. The Hall–Kier alpha value is -0.570. The second kappa shape index (κ2) is 4.12. The van der Waals surface area contributed by atoms with E-state index in [0.29, 0.717) is 18.8 Å². The number of rotatable bonds is 2. The molecule has 1 fully saturated rings. The molecule has 15 heavy (non-hydrogen) atoms. The molecule has 2 N–H and O–H groups in total. The van der Waals surface area contributed by atoms with Gasteiger partial charge in [0.2, 0.25) is 0 Å². The van der Waals surface area contributed by atoms with Crippen molar-refractivity contribution in [3.63, 3.8) is 0 Å². The van der Waals surface area contributed by atoms with Crippen molar-refractivity contribution in [3.05, 3.63) is 0 Å². The fourth-order valence-corrected chi connectivity index (χ4v) is 2.48. The van der Waals surface area contributed by atoms with Crippen LogP contribution in [-0.4, -0.2) is 22.8 Å². The molecular weight excluding hydrogens is 192 g/mol. The summed E-state index contributed by atoms with van der Waals surface area (Å²) in [5.41, 5.74) is -0.609. The summed E-state index contributed by atoms with van der Waals surface area (Å²) < 4.78 is 0. The summed E-state index contributed by atoms with van der Waals surface area (Å²) in [4.78, 5) is 11.1. The fourth-order valence-electron chi connectivity index (χ4n) is 2.48. The van der Waals surface area contributed by atoms with Gasteiger partial charge in [-0.1, -0.05) is 20.8 Å². The molecule has 0 spiro atoms. The smallest absolute Gasteiger partial charge is 0.311 e. The molecule has 88 valence electrons. The van der Waals surface area contributed by atoms with E-state index in [0.717, 1.165) is 12.8 Å². The van der Waals surface area contributed by atoms with Crippen LogP contribution >= 0.6 is 0 Å². The van der Waals surface area contributed by atoms with Gasteiger partial charge in [-0.25, -0.2) is 0 Å². The molecule has 0 aliphatic heterocycles. The van der Waals surface area contributed by atoms with Gasteiger partial charge < -0.3 is 10.2 Å². The largest absolute Gasteiger partial charge is 0.481 e. The molecule has 0 aromatic carbocycles. The quantitative estimate of drug-likeness (QED) is 0.741. The van der Waals surface area contributed by atoms with Crippen LogP contribution in [0.4, 0.5) is 0 Å². The van der Waals surface area contributed by atoms with Crippen LogP contribution in [0.5, 0.6) is 0 Å². The van der Waals surface area contributed by atoms with Crippen molar-refractivity contribution in [3.8, 4) is 0 Å². The predicted octanol–water partition coefficient (Wildman–Crippen LogP) is 2.29. The SMILES string of the molecule is CC(C)(C)C1CCC(CO)(C(=O)O)CC1. The third-order valence-corrected chi connectivity index (χ3v) is 3.92. The number of hydrogen-bond donors (Lipinski definition) is 2. The first kappa shape index (κ1) is 12.5. The Bertz CT molecular complexity index is 232. The number of carboxylic acids is 1. The third kappa shape index (κ3) is 2.51. The summed E-state index contributed by atoms with van der Waals surface area (Å²) in [5, 5.41) is 18.3. The Morgan fingerprint density at radius 2 is 1.80 bits per heavy atom. The van der Waals surface area contributed by atoms with Crippen molar-refractivity contribution in [2.75, 3.05) is 6.61 Å². The number of aliphatic carboxylic acids is 1. The molecule has 0 unspecified atom stereocenters. The van der Waals surface area contributed by atoms with E-state index in [9.17, 15) is 9.90 Å². The lowest BCUT2D eigenvalue weighted by molar-refractivity contribution is -0.155. The van der Waals surface area contributed by atoms with E-state index >= 15 is 0 Å². The zero-order valence-corrected chi connectivity index (χ0v) is 9.92. The molecule has 0 aromatic heterocycles. The third-order valence-electron chi connectivity index (χ3n) is 3.92. The lowest BCUT2D eigenvalue weighted by atomic mass is 9.64. The lowest BCUT2D eigenvalue weighted by Crippen LogP contribution is -2.40. The summed E-state index contributed by atoms with van der Waals surface area (Å²) in [6, 6.07) is 0. The molecule has 0 bridgehead atoms.